The molecule has 7 nitrogen and oxygen atoms in total. The van der Waals surface area contributed by atoms with Crippen molar-refractivity contribution in [1.82, 2.24) is 19.7 Å². The molecule has 2 aromatic rings. The van der Waals surface area contributed by atoms with Gasteiger partial charge in [0.1, 0.15) is 17.5 Å². The third-order valence-corrected chi connectivity index (χ3v) is 2.66. The predicted octanol–water partition coefficient (Wildman–Crippen LogP) is 1.16. The third kappa shape index (κ3) is 2.25. The molecule has 2 aromatic heterocycles. The summed E-state index contributed by atoms with van der Waals surface area (Å²) in [7, 11) is 1.88. The summed E-state index contributed by atoms with van der Waals surface area (Å²) in [6, 6.07) is 0. The lowest BCUT2D eigenvalue weighted by Crippen LogP contribution is -2.13. The first kappa shape index (κ1) is 12.3. The molecular formula is C11H17N7. The molecule has 0 unspecified atom stereocenters. The smallest absolute Gasteiger partial charge is 0.148 e. The second kappa shape index (κ2) is 4.61. The fourth-order valence-corrected chi connectivity index (χ4v) is 1.74. The molecule has 0 spiro atoms. The number of aromatic nitrogens is 4. The summed E-state index contributed by atoms with van der Waals surface area (Å²) in [5.41, 5.74) is 5.27. The predicted molar refractivity (Wildman–Crippen MR) is 70.5 cm³/mol. The molecule has 18 heavy (non-hydrogen) atoms. The largest absolute Gasteiger partial charge is 0.337 e. The number of hydrogen-bond acceptors (Lipinski definition) is 6. The van der Waals surface area contributed by atoms with Crippen LogP contribution in [-0.4, -0.2) is 19.7 Å². The monoisotopic (exact) mass is 247 g/mol. The molecular weight excluding hydrogens is 230 g/mol. The van der Waals surface area contributed by atoms with Crippen molar-refractivity contribution in [3.05, 3.63) is 23.3 Å². The first-order valence-corrected chi connectivity index (χ1v) is 5.60. The Morgan fingerprint density at radius 2 is 1.83 bits per heavy atom. The highest BCUT2D eigenvalue weighted by molar-refractivity contribution is 5.65. The summed E-state index contributed by atoms with van der Waals surface area (Å²) in [5.74, 6) is 7.43. The summed E-state index contributed by atoms with van der Waals surface area (Å²) in [6.45, 7) is 5.66. The Bertz CT molecular complexity index is 573. The van der Waals surface area contributed by atoms with E-state index >= 15 is 0 Å². The minimum atomic E-state index is 0.617. The van der Waals surface area contributed by atoms with Crippen molar-refractivity contribution in [3.63, 3.8) is 0 Å². The van der Waals surface area contributed by atoms with Gasteiger partial charge in [0.15, 0.2) is 0 Å². The van der Waals surface area contributed by atoms with E-state index in [2.05, 4.69) is 25.8 Å². The summed E-state index contributed by atoms with van der Waals surface area (Å²) < 4.78 is 1.75. The van der Waals surface area contributed by atoms with Crippen molar-refractivity contribution in [2.45, 2.75) is 20.8 Å². The number of aryl methyl sites for hydroxylation is 3. The van der Waals surface area contributed by atoms with Gasteiger partial charge < -0.3 is 10.7 Å². The number of nitrogens with two attached hydrogens (primary N) is 1. The fraction of sp³-hybridized carbons (Fsp3) is 0.364. The van der Waals surface area contributed by atoms with Gasteiger partial charge in [0, 0.05) is 18.8 Å². The molecule has 0 radical (unpaired) electrons. The molecule has 0 amide bonds. The van der Waals surface area contributed by atoms with E-state index < -0.39 is 0 Å². The number of hydrazine groups is 1. The molecule has 0 saturated carbocycles. The normalized spacial score (nSPS) is 10.5. The van der Waals surface area contributed by atoms with Crippen molar-refractivity contribution in [1.29, 1.82) is 0 Å². The molecule has 0 saturated heterocycles. The van der Waals surface area contributed by atoms with Gasteiger partial charge in [-0.2, -0.15) is 5.10 Å². The van der Waals surface area contributed by atoms with E-state index in [1.807, 2.05) is 34.0 Å². The average molecular weight is 247 g/mol. The quantitative estimate of drug-likeness (QED) is 0.556. The Labute approximate surface area is 105 Å². The van der Waals surface area contributed by atoms with E-state index in [9.17, 15) is 0 Å². The van der Waals surface area contributed by atoms with Gasteiger partial charge in [0.25, 0.3) is 0 Å². The van der Waals surface area contributed by atoms with Crippen LogP contribution in [0.25, 0.3) is 0 Å². The maximum Gasteiger partial charge on any atom is 0.148 e. The molecule has 0 aromatic carbocycles. The van der Waals surface area contributed by atoms with Crippen LogP contribution in [0.1, 0.15) is 17.1 Å². The summed E-state index contributed by atoms with van der Waals surface area (Å²) in [6.07, 6.45) is 1.90. The summed E-state index contributed by atoms with van der Waals surface area (Å²) in [5, 5.41) is 7.52. The SMILES string of the molecule is Cc1nc(NN)c(C)c(Nc2cn(C)nc2C)n1. The highest BCUT2D eigenvalue weighted by Crippen LogP contribution is 2.24. The van der Waals surface area contributed by atoms with Crippen molar-refractivity contribution in [2.24, 2.45) is 12.9 Å². The zero-order valence-electron chi connectivity index (χ0n) is 10.9. The van der Waals surface area contributed by atoms with Crippen LogP contribution < -0.4 is 16.6 Å². The Balaban J connectivity index is 2.40. The van der Waals surface area contributed by atoms with E-state index in [0.717, 1.165) is 22.8 Å². The molecule has 0 atom stereocenters. The lowest BCUT2D eigenvalue weighted by molar-refractivity contribution is 0.756. The highest BCUT2D eigenvalue weighted by Gasteiger charge is 2.10. The van der Waals surface area contributed by atoms with Crippen LogP contribution in [0.2, 0.25) is 0 Å². The molecule has 4 N–H and O–H groups in total. The van der Waals surface area contributed by atoms with Gasteiger partial charge in [0.05, 0.1) is 11.4 Å². The maximum atomic E-state index is 5.43. The molecule has 0 fully saturated rings. The summed E-state index contributed by atoms with van der Waals surface area (Å²) in [4.78, 5) is 8.59. The molecule has 7 heteroatoms. The second-order valence-electron chi connectivity index (χ2n) is 4.16. The lowest BCUT2D eigenvalue weighted by atomic mass is 10.3. The van der Waals surface area contributed by atoms with Crippen molar-refractivity contribution in [2.75, 3.05) is 10.7 Å². The minimum absolute atomic E-state index is 0.617. The zero-order valence-corrected chi connectivity index (χ0v) is 10.9. The van der Waals surface area contributed by atoms with Crippen LogP contribution in [0.3, 0.4) is 0 Å². The first-order valence-electron chi connectivity index (χ1n) is 5.60. The Morgan fingerprint density at radius 3 is 2.39 bits per heavy atom. The fourth-order valence-electron chi connectivity index (χ4n) is 1.74. The standard InChI is InChI=1S/C11H17N7/c1-6-10(13-8(3)14-11(6)16-12)15-9-5-18(4)17-7(9)2/h5H,12H2,1-4H3,(H2,13,14,15,16). The van der Waals surface area contributed by atoms with Crippen LogP contribution in [0.5, 0.6) is 0 Å². The van der Waals surface area contributed by atoms with Crippen LogP contribution in [0.15, 0.2) is 6.20 Å². The number of nitrogens with zero attached hydrogens (tertiary/aromatic N) is 4. The molecule has 2 rings (SSSR count). The number of nitrogen functional groups attached to an aromatic ring is 1. The average Bonchev–Trinajstić information content (AvgIpc) is 2.62. The van der Waals surface area contributed by atoms with Crippen LogP contribution in [-0.2, 0) is 7.05 Å². The first-order chi connectivity index (χ1) is 8.51. The second-order valence-corrected chi connectivity index (χ2v) is 4.16. The molecule has 0 aliphatic heterocycles. The van der Waals surface area contributed by atoms with Gasteiger partial charge in [-0.25, -0.2) is 15.8 Å². The zero-order chi connectivity index (χ0) is 13.3. The maximum absolute atomic E-state index is 5.43. The molecule has 0 aliphatic carbocycles. The summed E-state index contributed by atoms with van der Waals surface area (Å²) >= 11 is 0. The van der Waals surface area contributed by atoms with E-state index in [1.165, 1.54) is 0 Å². The van der Waals surface area contributed by atoms with E-state index in [1.54, 1.807) is 4.68 Å². The van der Waals surface area contributed by atoms with Crippen molar-refractivity contribution >= 4 is 17.3 Å². The lowest BCUT2D eigenvalue weighted by Gasteiger charge is -2.11. The Hall–Kier alpha value is -2.15. The Morgan fingerprint density at radius 1 is 1.17 bits per heavy atom. The van der Waals surface area contributed by atoms with Gasteiger partial charge in [-0.15, -0.1) is 0 Å². The van der Waals surface area contributed by atoms with Crippen molar-refractivity contribution < 1.29 is 0 Å². The van der Waals surface area contributed by atoms with Crippen LogP contribution >= 0.6 is 0 Å². The molecule has 0 bridgehead atoms. The number of hydrogen-bond donors (Lipinski definition) is 3. The van der Waals surface area contributed by atoms with Gasteiger partial charge in [-0.1, -0.05) is 0 Å². The highest BCUT2D eigenvalue weighted by atomic mass is 15.3. The van der Waals surface area contributed by atoms with Crippen LogP contribution in [0, 0.1) is 20.8 Å². The van der Waals surface area contributed by atoms with Gasteiger partial charge >= 0.3 is 0 Å². The van der Waals surface area contributed by atoms with Crippen molar-refractivity contribution in [3.8, 4) is 0 Å². The van der Waals surface area contributed by atoms with E-state index in [4.69, 9.17) is 5.84 Å². The van der Waals surface area contributed by atoms with E-state index in [0.29, 0.717) is 11.6 Å². The number of rotatable bonds is 3. The van der Waals surface area contributed by atoms with Gasteiger partial charge in [-0.05, 0) is 20.8 Å². The molecule has 0 aliphatic rings. The number of anilines is 3. The molecule has 2 heterocycles. The van der Waals surface area contributed by atoms with Gasteiger partial charge in [0.2, 0.25) is 0 Å². The number of nitrogens with one attached hydrogen (secondary N) is 2. The third-order valence-electron chi connectivity index (χ3n) is 2.66. The topological polar surface area (TPSA) is 93.7 Å². The van der Waals surface area contributed by atoms with Crippen LogP contribution in [0.4, 0.5) is 17.3 Å². The Kier molecular flexibility index (Phi) is 3.15. The minimum Gasteiger partial charge on any atom is -0.337 e. The van der Waals surface area contributed by atoms with E-state index in [-0.39, 0.29) is 0 Å². The molecule has 96 valence electrons. The van der Waals surface area contributed by atoms with Gasteiger partial charge in [-0.3, -0.25) is 4.68 Å².